The van der Waals surface area contributed by atoms with E-state index in [1.807, 2.05) is 20.8 Å². The maximum absolute atomic E-state index is 12.5. The van der Waals surface area contributed by atoms with Crippen molar-refractivity contribution in [2.75, 3.05) is 12.3 Å². The number of nitrogens with zero attached hydrogens (tertiary/aromatic N) is 2. The lowest BCUT2D eigenvalue weighted by Gasteiger charge is -2.34. The Kier molecular flexibility index (Phi) is 5.28. The van der Waals surface area contributed by atoms with Crippen LogP contribution in [-0.2, 0) is 14.4 Å². The fraction of sp³-hybridized carbons (Fsp3) is 0.714. The van der Waals surface area contributed by atoms with Crippen molar-refractivity contribution in [3.8, 4) is 0 Å². The molecule has 2 atom stereocenters. The van der Waals surface area contributed by atoms with Crippen molar-refractivity contribution in [1.82, 2.24) is 10.3 Å². The number of fused-ring (bicyclic) bond motifs is 2. The van der Waals surface area contributed by atoms with E-state index in [4.69, 9.17) is 0 Å². The molecule has 0 aromatic rings. The summed E-state index contributed by atoms with van der Waals surface area (Å²) in [5.74, 6) is 0.310. The molecule has 2 aliphatic carbocycles. The molecule has 2 bridgehead atoms. The molecule has 2 amide bonds. The second-order valence-corrected chi connectivity index (χ2v) is 10.9. The van der Waals surface area contributed by atoms with E-state index < -0.39 is 5.41 Å². The van der Waals surface area contributed by atoms with Crippen molar-refractivity contribution in [3.63, 3.8) is 0 Å². The summed E-state index contributed by atoms with van der Waals surface area (Å²) in [7, 11) is 0. The lowest BCUT2D eigenvalue weighted by atomic mass is 9.70. The standard InChI is InChI=1S/C21H31N3O3S/c1-19(2,3)15(25)10-18-24(17(27)12-28-18)11-16(26)23-22-14-9-13-7-8-21(14,6)20(13,4)5/h10,13H,7-9,11-12H2,1-6H3,(H,23,26)/b18-10+,22-14-. The van der Waals surface area contributed by atoms with Gasteiger partial charge in [0.25, 0.3) is 5.91 Å². The number of nitrogens with one attached hydrogen (secondary N) is 1. The minimum absolute atomic E-state index is 0.0223. The molecule has 6 nitrogen and oxygen atoms in total. The van der Waals surface area contributed by atoms with Crippen molar-refractivity contribution in [3.05, 3.63) is 11.1 Å². The van der Waals surface area contributed by atoms with Gasteiger partial charge in [0.05, 0.1) is 10.8 Å². The molecule has 3 aliphatic rings. The van der Waals surface area contributed by atoms with E-state index in [1.165, 1.54) is 29.2 Å². The van der Waals surface area contributed by atoms with E-state index in [2.05, 4.69) is 31.3 Å². The molecule has 28 heavy (non-hydrogen) atoms. The quantitative estimate of drug-likeness (QED) is 0.575. The van der Waals surface area contributed by atoms with Gasteiger partial charge in [-0.1, -0.05) is 53.3 Å². The molecule has 1 aliphatic heterocycles. The van der Waals surface area contributed by atoms with Crippen molar-refractivity contribution in [2.45, 2.75) is 60.8 Å². The number of hydrazone groups is 1. The van der Waals surface area contributed by atoms with E-state index in [0.717, 1.165) is 18.6 Å². The summed E-state index contributed by atoms with van der Waals surface area (Å²) in [4.78, 5) is 38.3. The molecule has 2 saturated carbocycles. The van der Waals surface area contributed by atoms with Crippen molar-refractivity contribution in [2.24, 2.45) is 27.3 Å². The summed E-state index contributed by atoms with van der Waals surface area (Å²) in [6.45, 7) is 12.2. The van der Waals surface area contributed by atoms with Gasteiger partial charge in [-0.3, -0.25) is 19.3 Å². The van der Waals surface area contributed by atoms with Gasteiger partial charge in [0.2, 0.25) is 5.91 Å². The smallest absolute Gasteiger partial charge is 0.260 e. The van der Waals surface area contributed by atoms with Gasteiger partial charge in [0.15, 0.2) is 5.78 Å². The number of carbonyl (C=O) groups is 3. The molecule has 1 saturated heterocycles. The fourth-order valence-corrected chi connectivity index (χ4v) is 5.37. The van der Waals surface area contributed by atoms with E-state index >= 15 is 0 Å². The van der Waals surface area contributed by atoms with Gasteiger partial charge >= 0.3 is 0 Å². The Labute approximate surface area is 171 Å². The lowest BCUT2D eigenvalue weighted by Crippen LogP contribution is -2.38. The molecule has 3 fully saturated rings. The predicted molar refractivity (Wildman–Crippen MR) is 112 cm³/mol. The van der Waals surface area contributed by atoms with E-state index in [0.29, 0.717) is 10.9 Å². The van der Waals surface area contributed by atoms with Crippen LogP contribution in [0.5, 0.6) is 0 Å². The molecule has 3 rings (SSSR count). The minimum atomic E-state index is -0.525. The minimum Gasteiger partial charge on any atom is -0.296 e. The summed E-state index contributed by atoms with van der Waals surface area (Å²) in [6.07, 6.45) is 4.72. The molecule has 1 N–H and O–H groups in total. The molecular weight excluding hydrogens is 374 g/mol. The number of thioether (sulfide) groups is 1. The summed E-state index contributed by atoms with van der Waals surface area (Å²) in [6, 6.07) is 0. The Bertz CT molecular complexity index is 778. The highest BCUT2D eigenvalue weighted by atomic mass is 32.2. The summed E-state index contributed by atoms with van der Waals surface area (Å²) in [5, 5.41) is 4.99. The van der Waals surface area contributed by atoms with Crippen molar-refractivity contribution >= 4 is 35.1 Å². The highest BCUT2D eigenvalue weighted by Crippen LogP contribution is 2.63. The number of hydrogen-bond acceptors (Lipinski definition) is 5. The highest BCUT2D eigenvalue weighted by Gasteiger charge is 2.60. The molecule has 1 heterocycles. The third-order valence-electron chi connectivity index (χ3n) is 7.03. The van der Waals surface area contributed by atoms with Crippen LogP contribution >= 0.6 is 11.8 Å². The molecule has 0 radical (unpaired) electrons. The first-order valence-electron chi connectivity index (χ1n) is 9.91. The lowest BCUT2D eigenvalue weighted by molar-refractivity contribution is -0.131. The van der Waals surface area contributed by atoms with Gasteiger partial charge < -0.3 is 0 Å². The molecule has 7 heteroatoms. The van der Waals surface area contributed by atoms with Gasteiger partial charge in [-0.05, 0) is 30.6 Å². The van der Waals surface area contributed by atoms with E-state index in [9.17, 15) is 14.4 Å². The highest BCUT2D eigenvalue weighted by molar-refractivity contribution is 8.04. The van der Waals surface area contributed by atoms with Crippen LogP contribution < -0.4 is 5.43 Å². The SMILES string of the molecule is CC(C)(C)C(=O)/C=C1/SCC(=O)N1CC(=O)N/N=C1/CC2CCC1(C)C2(C)C. The van der Waals surface area contributed by atoms with Crippen LogP contribution in [0.3, 0.4) is 0 Å². The van der Waals surface area contributed by atoms with Crippen LogP contribution in [0.2, 0.25) is 0 Å². The summed E-state index contributed by atoms with van der Waals surface area (Å²) < 4.78 is 0. The molecule has 154 valence electrons. The first-order chi connectivity index (χ1) is 12.9. The Morgan fingerprint density at radius 2 is 2.00 bits per heavy atom. The zero-order valence-corrected chi connectivity index (χ0v) is 18.5. The normalized spacial score (nSPS) is 31.9. The van der Waals surface area contributed by atoms with E-state index in [-0.39, 0.29) is 40.7 Å². The van der Waals surface area contributed by atoms with Gasteiger partial charge in [0.1, 0.15) is 6.54 Å². The van der Waals surface area contributed by atoms with Crippen molar-refractivity contribution in [1.29, 1.82) is 0 Å². The van der Waals surface area contributed by atoms with Crippen LogP contribution in [-0.4, -0.2) is 40.5 Å². The van der Waals surface area contributed by atoms with Crippen LogP contribution in [0.25, 0.3) is 0 Å². The maximum Gasteiger partial charge on any atom is 0.260 e. The van der Waals surface area contributed by atoms with E-state index in [1.54, 1.807) is 0 Å². The second kappa shape index (κ2) is 7.01. The zero-order valence-electron chi connectivity index (χ0n) is 17.7. The average Bonchev–Trinajstić information content (AvgIpc) is 3.10. The topological polar surface area (TPSA) is 78.8 Å². The number of allylic oxidation sites excluding steroid dienone is 1. The van der Waals surface area contributed by atoms with Crippen LogP contribution in [0.15, 0.2) is 16.2 Å². The summed E-state index contributed by atoms with van der Waals surface area (Å²) >= 11 is 1.30. The third-order valence-corrected chi connectivity index (χ3v) is 8.06. The molecule has 0 spiro atoms. The van der Waals surface area contributed by atoms with Crippen LogP contribution in [0.1, 0.15) is 60.8 Å². The Morgan fingerprint density at radius 3 is 2.54 bits per heavy atom. The maximum atomic E-state index is 12.5. The Balaban J connectivity index is 1.67. The van der Waals surface area contributed by atoms with Crippen LogP contribution in [0.4, 0.5) is 0 Å². The van der Waals surface area contributed by atoms with Crippen molar-refractivity contribution < 1.29 is 14.4 Å². The summed E-state index contributed by atoms with van der Waals surface area (Å²) in [5.41, 5.74) is 3.41. The number of carbonyl (C=O) groups excluding carboxylic acids is 3. The number of amides is 2. The number of ketones is 1. The average molecular weight is 406 g/mol. The fourth-order valence-electron chi connectivity index (χ4n) is 4.44. The monoisotopic (exact) mass is 405 g/mol. The first-order valence-corrected chi connectivity index (χ1v) is 10.9. The third kappa shape index (κ3) is 3.53. The van der Waals surface area contributed by atoms with Gasteiger partial charge in [-0.2, -0.15) is 5.10 Å². The van der Waals surface area contributed by atoms with Crippen LogP contribution in [0, 0.1) is 22.2 Å². The van der Waals surface area contributed by atoms with Gasteiger partial charge in [-0.15, -0.1) is 0 Å². The molecule has 0 aromatic heterocycles. The number of rotatable bonds is 4. The Hall–Kier alpha value is -1.63. The van der Waals surface area contributed by atoms with Gasteiger partial charge in [-0.25, -0.2) is 5.43 Å². The zero-order chi connectivity index (χ0) is 20.9. The van der Waals surface area contributed by atoms with Gasteiger partial charge in [0, 0.05) is 22.6 Å². The largest absolute Gasteiger partial charge is 0.296 e. The molecule has 0 aromatic carbocycles. The first kappa shape index (κ1) is 21.1. The molecular formula is C21H31N3O3S. The predicted octanol–water partition coefficient (Wildman–Crippen LogP) is 3.34. The Morgan fingerprint density at radius 1 is 1.32 bits per heavy atom. The second-order valence-electron chi connectivity index (χ2n) is 9.95. The molecule has 2 unspecified atom stereocenters. The number of hydrogen-bond donors (Lipinski definition) is 1.